The van der Waals surface area contributed by atoms with Gasteiger partial charge in [0.05, 0.1) is 5.92 Å². The summed E-state index contributed by atoms with van der Waals surface area (Å²) in [5.74, 6) is -0.379. The summed E-state index contributed by atoms with van der Waals surface area (Å²) >= 11 is 0. The van der Waals surface area contributed by atoms with Crippen molar-refractivity contribution in [3.63, 3.8) is 0 Å². The van der Waals surface area contributed by atoms with Crippen molar-refractivity contribution >= 4 is 5.97 Å². The highest BCUT2D eigenvalue weighted by Crippen LogP contribution is 2.20. The molecule has 0 aliphatic heterocycles. The van der Waals surface area contributed by atoms with Crippen LogP contribution < -0.4 is 0 Å². The summed E-state index contributed by atoms with van der Waals surface area (Å²) in [6.07, 6.45) is 0. The fraction of sp³-hybridized carbons (Fsp3) is 0.500. The second-order valence-electron chi connectivity index (χ2n) is 5.17. The Hall–Kier alpha value is -1.31. The first kappa shape index (κ1) is 12.8. The molecule has 1 unspecified atom stereocenters. The first-order valence-electron chi connectivity index (χ1n) is 5.59. The van der Waals surface area contributed by atoms with E-state index in [0.717, 1.165) is 5.56 Å². The van der Waals surface area contributed by atoms with Gasteiger partial charge in [-0.25, -0.2) is 0 Å². The van der Waals surface area contributed by atoms with Crippen LogP contribution in [-0.4, -0.2) is 11.6 Å². The lowest BCUT2D eigenvalue weighted by molar-refractivity contribution is -0.156. The molecule has 1 aromatic rings. The third kappa shape index (κ3) is 3.69. The van der Waals surface area contributed by atoms with E-state index in [4.69, 9.17) is 4.74 Å². The van der Waals surface area contributed by atoms with E-state index < -0.39 is 5.60 Å². The van der Waals surface area contributed by atoms with E-state index in [1.807, 2.05) is 58.9 Å². The molecular formula is C14H20O2. The Balaban J connectivity index is 2.74. The number of rotatable bonds is 2. The standard InChI is InChI=1S/C14H20O2/c1-10-6-8-12(9-7-10)11(2)13(15)16-14(3,4)5/h6-9,11H,1-5H3. The van der Waals surface area contributed by atoms with Crippen LogP contribution in [0.2, 0.25) is 0 Å². The van der Waals surface area contributed by atoms with Gasteiger partial charge in [-0.2, -0.15) is 0 Å². The minimum atomic E-state index is -0.421. The van der Waals surface area contributed by atoms with Gasteiger partial charge in [0, 0.05) is 0 Å². The Morgan fingerprint density at radius 1 is 1.19 bits per heavy atom. The Morgan fingerprint density at radius 2 is 1.69 bits per heavy atom. The van der Waals surface area contributed by atoms with Crippen LogP contribution in [0.15, 0.2) is 24.3 Å². The first-order chi connectivity index (χ1) is 7.29. The van der Waals surface area contributed by atoms with Crippen LogP contribution in [0.25, 0.3) is 0 Å². The van der Waals surface area contributed by atoms with Crippen molar-refractivity contribution in [3.05, 3.63) is 35.4 Å². The summed E-state index contributed by atoms with van der Waals surface area (Å²) in [5, 5.41) is 0. The van der Waals surface area contributed by atoms with Crippen LogP contribution in [0.1, 0.15) is 44.7 Å². The molecule has 0 N–H and O–H groups in total. The third-order valence-corrected chi connectivity index (χ3v) is 2.34. The van der Waals surface area contributed by atoms with E-state index in [9.17, 15) is 4.79 Å². The van der Waals surface area contributed by atoms with E-state index in [1.165, 1.54) is 5.56 Å². The maximum atomic E-state index is 11.8. The molecule has 2 heteroatoms. The molecule has 0 aromatic heterocycles. The van der Waals surface area contributed by atoms with E-state index in [1.54, 1.807) is 0 Å². The summed E-state index contributed by atoms with van der Waals surface area (Å²) < 4.78 is 5.35. The number of hydrogen-bond acceptors (Lipinski definition) is 2. The Morgan fingerprint density at radius 3 is 2.12 bits per heavy atom. The van der Waals surface area contributed by atoms with Gasteiger partial charge in [0.15, 0.2) is 0 Å². The maximum absolute atomic E-state index is 11.8. The second-order valence-corrected chi connectivity index (χ2v) is 5.17. The minimum Gasteiger partial charge on any atom is -0.460 e. The zero-order valence-corrected chi connectivity index (χ0v) is 10.7. The van der Waals surface area contributed by atoms with Gasteiger partial charge in [-0.05, 0) is 40.2 Å². The topological polar surface area (TPSA) is 26.3 Å². The van der Waals surface area contributed by atoms with Gasteiger partial charge >= 0.3 is 5.97 Å². The molecule has 0 saturated heterocycles. The van der Waals surface area contributed by atoms with E-state index in [2.05, 4.69) is 0 Å². The molecule has 2 nitrogen and oxygen atoms in total. The molecule has 16 heavy (non-hydrogen) atoms. The van der Waals surface area contributed by atoms with Gasteiger partial charge in [0.2, 0.25) is 0 Å². The summed E-state index contributed by atoms with van der Waals surface area (Å²) in [6.45, 7) is 9.55. The monoisotopic (exact) mass is 220 g/mol. The Kier molecular flexibility index (Phi) is 3.74. The molecule has 0 fully saturated rings. The van der Waals surface area contributed by atoms with Crippen LogP contribution in [0.4, 0.5) is 0 Å². The van der Waals surface area contributed by atoms with Crippen LogP contribution in [0.5, 0.6) is 0 Å². The molecule has 0 heterocycles. The van der Waals surface area contributed by atoms with Crippen molar-refractivity contribution in [1.29, 1.82) is 0 Å². The van der Waals surface area contributed by atoms with Crippen LogP contribution in [0.3, 0.4) is 0 Å². The van der Waals surface area contributed by atoms with Crippen molar-refractivity contribution in [2.75, 3.05) is 0 Å². The summed E-state index contributed by atoms with van der Waals surface area (Å²) in [7, 11) is 0. The van der Waals surface area contributed by atoms with Gasteiger partial charge in [-0.3, -0.25) is 4.79 Å². The fourth-order valence-corrected chi connectivity index (χ4v) is 1.38. The zero-order chi connectivity index (χ0) is 12.3. The van der Waals surface area contributed by atoms with Crippen LogP contribution >= 0.6 is 0 Å². The minimum absolute atomic E-state index is 0.170. The molecule has 1 atom stereocenters. The van der Waals surface area contributed by atoms with E-state index in [-0.39, 0.29) is 11.9 Å². The number of ether oxygens (including phenoxy) is 1. The third-order valence-electron chi connectivity index (χ3n) is 2.34. The lowest BCUT2D eigenvalue weighted by Crippen LogP contribution is -2.26. The average Bonchev–Trinajstić information content (AvgIpc) is 2.15. The number of esters is 1. The molecule has 88 valence electrons. The Bertz CT molecular complexity index is 357. The van der Waals surface area contributed by atoms with Crippen molar-refractivity contribution in [2.24, 2.45) is 0 Å². The second kappa shape index (κ2) is 4.69. The number of aryl methyl sites for hydroxylation is 1. The highest BCUT2D eigenvalue weighted by Gasteiger charge is 2.22. The predicted molar refractivity (Wildman–Crippen MR) is 65.4 cm³/mol. The van der Waals surface area contributed by atoms with Gasteiger partial charge in [0.1, 0.15) is 5.60 Å². The van der Waals surface area contributed by atoms with E-state index >= 15 is 0 Å². The molecule has 0 aliphatic rings. The molecule has 0 amide bonds. The average molecular weight is 220 g/mol. The van der Waals surface area contributed by atoms with Crippen LogP contribution in [-0.2, 0) is 9.53 Å². The maximum Gasteiger partial charge on any atom is 0.313 e. The highest BCUT2D eigenvalue weighted by molar-refractivity contribution is 5.78. The lowest BCUT2D eigenvalue weighted by Gasteiger charge is -2.22. The number of benzene rings is 1. The van der Waals surface area contributed by atoms with Gasteiger partial charge in [-0.15, -0.1) is 0 Å². The normalized spacial score (nSPS) is 13.3. The van der Waals surface area contributed by atoms with E-state index in [0.29, 0.717) is 0 Å². The largest absolute Gasteiger partial charge is 0.460 e. The molecular weight excluding hydrogens is 200 g/mol. The SMILES string of the molecule is Cc1ccc(C(C)C(=O)OC(C)(C)C)cc1. The zero-order valence-electron chi connectivity index (χ0n) is 10.7. The fourth-order valence-electron chi connectivity index (χ4n) is 1.38. The van der Waals surface area contributed by atoms with Crippen molar-refractivity contribution in [2.45, 2.75) is 46.1 Å². The predicted octanol–water partition coefficient (Wildman–Crippen LogP) is 3.44. The molecule has 0 radical (unpaired) electrons. The van der Waals surface area contributed by atoms with Crippen molar-refractivity contribution in [1.82, 2.24) is 0 Å². The first-order valence-corrected chi connectivity index (χ1v) is 5.59. The number of hydrogen-bond donors (Lipinski definition) is 0. The number of carbonyl (C=O) groups excluding carboxylic acids is 1. The molecule has 0 saturated carbocycles. The van der Waals surface area contributed by atoms with Gasteiger partial charge in [-0.1, -0.05) is 29.8 Å². The van der Waals surface area contributed by atoms with Crippen molar-refractivity contribution < 1.29 is 9.53 Å². The molecule has 0 aliphatic carbocycles. The number of carbonyl (C=O) groups is 1. The molecule has 1 rings (SSSR count). The molecule has 0 spiro atoms. The quantitative estimate of drug-likeness (QED) is 0.714. The van der Waals surface area contributed by atoms with Crippen molar-refractivity contribution in [3.8, 4) is 0 Å². The summed E-state index contributed by atoms with van der Waals surface area (Å²) in [6, 6.07) is 7.97. The smallest absolute Gasteiger partial charge is 0.313 e. The summed E-state index contributed by atoms with van der Waals surface area (Å²) in [4.78, 5) is 11.8. The Labute approximate surface area is 97.6 Å². The summed E-state index contributed by atoms with van der Waals surface area (Å²) in [5.41, 5.74) is 1.77. The molecule has 1 aromatic carbocycles. The van der Waals surface area contributed by atoms with Gasteiger partial charge in [0.25, 0.3) is 0 Å². The van der Waals surface area contributed by atoms with Crippen LogP contribution in [0, 0.1) is 6.92 Å². The lowest BCUT2D eigenvalue weighted by atomic mass is 10.00. The van der Waals surface area contributed by atoms with Gasteiger partial charge < -0.3 is 4.74 Å². The molecule has 0 bridgehead atoms. The highest BCUT2D eigenvalue weighted by atomic mass is 16.6.